The number of ketones is 1. The smallest absolute Gasteiger partial charge is 0.339 e. The van der Waals surface area contributed by atoms with Gasteiger partial charge in [0.15, 0.2) is 6.10 Å². The van der Waals surface area contributed by atoms with Crippen molar-refractivity contribution in [1.29, 1.82) is 0 Å². The zero-order valence-electron chi connectivity index (χ0n) is 22.7. The highest BCUT2D eigenvalue weighted by atomic mass is 16.5. The van der Waals surface area contributed by atoms with Crippen LogP contribution in [0.4, 0.5) is 5.69 Å². The Bertz CT molecular complexity index is 1700. The van der Waals surface area contributed by atoms with Gasteiger partial charge in [0.1, 0.15) is 0 Å². The lowest BCUT2D eigenvalue weighted by atomic mass is 9.85. The van der Waals surface area contributed by atoms with E-state index in [0.717, 1.165) is 5.56 Å². The molecule has 7 nitrogen and oxygen atoms in total. The number of aromatic nitrogens is 1. The number of hydrogen-bond acceptors (Lipinski definition) is 6. The minimum atomic E-state index is -0.978. The number of carbonyl (C=O) groups excluding carboxylic acids is 4. The van der Waals surface area contributed by atoms with Gasteiger partial charge in [-0.3, -0.25) is 19.3 Å². The van der Waals surface area contributed by atoms with E-state index in [0.29, 0.717) is 51.8 Å². The van der Waals surface area contributed by atoms with E-state index in [2.05, 4.69) is 0 Å². The first-order chi connectivity index (χ1) is 19.8. The van der Waals surface area contributed by atoms with E-state index < -0.39 is 12.1 Å². The van der Waals surface area contributed by atoms with Crippen LogP contribution in [0.2, 0.25) is 0 Å². The molecule has 1 aromatic heterocycles. The molecule has 0 bridgehead atoms. The van der Waals surface area contributed by atoms with Crippen molar-refractivity contribution >= 4 is 40.2 Å². The van der Waals surface area contributed by atoms with Gasteiger partial charge in [-0.05, 0) is 51.0 Å². The fourth-order valence-corrected chi connectivity index (χ4v) is 5.56. The Morgan fingerprint density at radius 2 is 1.51 bits per heavy atom. The van der Waals surface area contributed by atoms with E-state index >= 15 is 0 Å². The van der Waals surface area contributed by atoms with Gasteiger partial charge in [-0.1, -0.05) is 72.3 Å². The number of hydrogen-bond donors (Lipinski definition) is 0. The first-order valence-electron chi connectivity index (χ1n) is 13.7. The molecule has 41 heavy (non-hydrogen) atoms. The summed E-state index contributed by atoms with van der Waals surface area (Å²) < 4.78 is 5.64. The largest absolute Gasteiger partial charge is 0.451 e. The molecule has 2 amide bonds. The number of nitrogens with zero attached hydrogens (tertiary/aromatic N) is 2. The third-order valence-corrected chi connectivity index (χ3v) is 7.85. The lowest BCUT2D eigenvalue weighted by Crippen LogP contribution is -2.30. The van der Waals surface area contributed by atoms with Gasteiger partial charge < -0.3 is 4.74 Å². The normalized spacial score (nSPS) is 18.8. The highest BCUT2D eigenvalue weighted by Gasteiger charge is 2.47. The molecule has 0 radical (unpaired) electrons. The minimum absolute atomic E-state index is 0.166. The van der Waals surface area contributed by atoms with Gasteiger partial charge in [0, 0.05) is 16.5 Å². The molecular weight excluding hydrogens is 516 g/mol. The number of rotatable bonds is 6. The predicted octanol–water partition coefficient (Wildman–Crippen LogP) is 6.09. The summed E-state index contributed by atoms with van der Waals surface area (Å²) in [5, 5.41) is 0.609. The maximum Gasteiger partial charge on any atom is 0.339 e. The summed E-state index contributed by atoms with van der Waals surface area (Å²) in [7, 11) is 0. The van der Waals surface area contributed by atoms with Gasteiger partial charge in [0.05, 0.1) is 34.3 Å². The number of benzene rings is 3. The third-order valence-electron chi connectivity index (χ3n) is 7.85. The van der Waals surface area contributed by atoms with Crippen LogP contribution in [0.3, 0.4) is 0 Å². The molecule has 204 valence electrons. The number of para-hydroxylation sites is 1. The number of Topliss-reactive ketones (excluding diaryl/α,β-unsaturated/α-hetero) is 1. The van der Waals surface area contributed by atoms with Crippen molar-refractivity contribution < 1.29 is 23.9 Å². The summed E-state index contributed by atoms with van der Waals surface area (Å²) in [6.45, 7) is 3.50. The second kappa shape index (κ2) is 10.6. The molecule has 2 heterocycles. The molecule has 1 aliphatic carbocycles. The minimum Gasteiger partial charge on any atom is -0.451 e. The van der Waals surface area contributed by atoms with Crippen molar-refractivity contribution in [2.24, 2.45) is 11.8 Å². The number of carbonyl (C=O) groups is 4. The maximum absolute atomic E-state index is 13.4. The first-order valence-corrected chi connectivity index (χ1v) is 13.7. The Hall–Kier alpha value is -4.91. The number of anilines is 1. The van der Waals surface area contributed by atoms with Crippen molar-refractivity contribution in [2.45, 2.75) is 32.8 Å². The van der Waals surface area contributed by atoms with E-state index in [-0.39, 0.29) is 29.4 Å². The summed E-state index contributed by atoms with van der Waals surface area (Å²) in [6.07, 6.45) is 4.12. The van der Waals surface area contributed by atoms with Crippen molar-refractivity contribution in [3.05, 3.63) is 108 Å². The molecule has 1 fully saturated rings. The average molecular weight is 545 g/mol. The van der Waals surface area contributed by atoms with Crippen molar-refractivity contribution in [3.63, 3.8) is 0 Å². The number of pyridine rings is 1. The van der Waals surface area contributed by atoms with Crippen LogP contribution in [0.1, 0.15) is 46.0 Å². The zero-order chi connectivity index (χ0) is 28.7. The van der Waals surface area contributed by atoms with E-state index in [1.165, 1.54) is 4.90 Å². The molecule has 6 rings (SSSR count). The molecule has 7 heteroatoms. The lowest BCUT2D eigenvalue weighted by molar-refractivity contribution is -0.122. The van der Waals surface area contributed by atoms with E-state index in [1.54, 1.807) is 55.5 Å². The predicted molar refractivity (Wildman–Crippen MR) is 155 cm³/mol. The Labute approximate surface area is 237 Å². The van der Waals surface area contributed by atoms with Gasteiger partial charge in [-0.2, -0.15) is 0 Å². The Balaban J connectivity index is 1.28. The number of ether oxygens (including phenoxy) is 1. The van der Waals surface area contributed by atoms with Gasteiger partial charge in [-0.25, -0.2) is 9.78 Å². The van der Waals surface area contributed by atoms with Gasteiger partial charge in [0.25, 0.3) is 0 Å². The molecule has 0 N–H and O–H groups in total. The molecule has 2 aliphatic rings. The number of allylic oxidation sites excluding steroid dienone is 2. The molecule has 4 aromatic rings. The van der Waals surface area contributed by atoms with Gasteiger partial charge in [0.2, 0.25) is 17.6 Å². The fourth-order valence-electron chi connectivity index (χ4n) is 5.56. The average Bonchev–Trinajstić information content (AvgIpc) is 3.26. The van der Waals surface area contributed by atoms with Crippen molar-refractivity contribution in [3.8, 4) is 11.3 Å². The molecule has 0 saturated carbocycles. The SMILES string of the molecule is Cc1ccc(C(=O)C(C)OC(=O)c2cc(-c3ccc(N4C(=O)C5CC=CCC5C4=O)cc3)nc3ccccc23)cc1. The fraction of sp³-hybridized carbons (Fsp3) is 0.206. The molecule has 0 spiro atoms. The Kier molecular flexibility index (Phi) is 6.79. The quantitative estimate of drug-likeness (QED) is 0.126. The number of esters is 1. The summed E-state index contributed by atoms with van der Waals surface area (Å²) in [5.41, 5.74) is 4.14. The molecule has 1 aliphatic heterocycles. The van der Waals surface area contributed by atoms with Crippen molar-refractivity contribution in [2.75, 3.05) is 4.90 Å². The highest BCUT2D eigenvalue weighted by Crippen LogP contribution is 2.38. The Morgan fingerprint density at radius 1 is 0.878 bits per heavy atom. The molecular formula is C34H28N2O5. The number of aryl methyl sites for hydroxylation is 1. The summed E-state index contributed by atoms with van der Waals surface area (Å²) in [5.74, 6) is -1.85. The third kappa shape index (κ3) is 4.84. The molecule has 1 saturated heterocycles. The zero-order valence-corrected chi connectivity index (χ0v) is 22.7. The summed E-state index contributed by atoms with van der Waals surface area (Å²) in [6, 6.07) is 23.0. The van der Waals surface area contributed by atoms with Crippen LogP contribution in [0.25, 0.3) is 22.2 Å². The molecule has 3 unspecified atom stereocenters. The van der Waals surface area contributed by atoms with E-state index in [9.17, 15) is 19.2 Å². The first kappa shape index (κ1) is 26.3. The van der Waals surface area contributed by atoms with Crippen LogP contribution in [-0.2, 0) is 14.3 Å². The van der Waals surface area contributed by atoms with Gasteiger partial charge >= 0.3 is 5.97 Å². The lowest BCUT2D eigenvalue weighted by Gasteiger charge is -2.16. The van der Waals surface area contributed by atoms with Crippen LogP contribution in [0.5, 0.6) is 0 Å². The number of imide groups is 1. The number of fused-ring (bicyclic) bond motifs is 2. The standard InChI is InChI=1S/C34H28N2O5/c1-20-11-13-23(14-12-20)31(37)21(2)41-34(40)28-19-30(35-29-10-6-5-7-25(28)29)22-15-17-24(18-16-22)36-32(38)26-8-3-4-9-27(26)33(36)39/h3-7,10-19,21,26-27H,8-9H2,1-2H3. The monoisotopic (exact) mass is 544 g/mol. The Morgan fingerprint density at radius 3 is 2.17 bits per heavy atom. The van der Waals surface area contributed by atoms with Crippen LogP contribution in [0, 0.1) is 18.8 Å². The van der Waals surface area contributed by atoms with Crippen LogP contribution in [0.15, 0.2) is 91.0 Å². The highest BCUT2D eigenvalue weighted by molar-refractivity contribution is 6.22. The van der Waals surface area contributed by atoms with E-state index in [1.807, 2.05) is 49.4 Å². The molecule has 3 atom stereocenters. The van der Waals surface area contributed by atoms with Crippen LogP contribution < -0.4 is 4.90 Å². The van der Waals surface area contributed by atoms with E-state index in [4.69, 9.17) is 9.72 Å². The summed E-state index contributed by atoms with van der Waals surface area (Å²) in [4.78, 5) is 58.3. The topological polar surface area (TPSA) is 93.6 Å². The van der Waals surface area contributed by atoms with Crippen molar-refractivity contribution in [1.82, 2.24) is 4.98 Å². The molecule has 3 aromatic carbocycles. The second-order valence-corrected chi connectivity index (χ2v) is 10.6. The van der Waals surface area contributed by atoms with Crippen LogP contribution in [-0.4, -0.2) is 34.7 Å². The second-order valence-electron chi connectivity index (χ2n) is 10.6. The van der Waals surface area contributed by atoms with Crippen LogP contribution >= 0.6 is 0 Å². The summed E-state index contributed by atoms with van der Waals surface area (Å²) >= 11 is 0. The maximum atomic E-state index is 13.4. The van der Waals surface area contributed by atoms with Gasteiger partial charge in [-0.15, -0.1) is 0 Å². The number of amides is 2.